The van der Waals surface area contributed by atoms with Crippen molar-refractivity contribution >= 4 is 11.8 Å². The normalized spacial score (nSPS) is 12.7. The summed E-state index contributed by atoms with van der Waals surface area (Å²) in [5.41, 5.74) is 0.966. The molecule has 0 saturated carbocycles. The average Bonchev–Trinajstić information content (AvgIpc) is 2.71. The van der Waals surface area contributed by atoms with Gasteiger partial charge in [0.1, 0.15) is 11.8 Å². The first-order chi connectivity index (χ1) is 13.0. The molecule has 0 unspecified atom stereocenters. The smallest absolute Gasteiger partial charge is 0.261 e. The summed E-state index contributed by atoms with van der Waals surface area (Å²) in [6.45, 7) is 5.95. The van der Waals surface area contributed by atoms with Gasteiger partial charge in [0.15, 0.2) is 6.61 Å². The minimum atomic E-state index is -0.592. The molecule has 2 amide bonds. The van der Waals surface area contributed by atoms with Crippen LogP contribution in [0.3, 0.4) is 0 Å². The summed E-state index contributed by atoms with van der Waals surface area (Å²) in [6.07, 6.45) is 0.836. The van der Waals surface area contributed by atoms with Crippen LogP contribution >= 0.6 is 0 Å². The van der Waals surface area contributed by atoms with Crippen molar-refractivity contribution in [2.24, 2.45) is 0 Å². The van der Waals surface area contributed by atoms with E-state index in [-0.39, 0.29) is 24.5 Å². The molecule has 1 N–H and O–H groups in total. The Kier molecular flexibility index (Phi) is 7.86. The maximum absolute atomic E-state index is 12.8. The van der Waals surface area contributed by atoms with Gasteiger partial charge in [-0.05, 0) is 38.0 Å². The summed E-state index contributed by atoms with van der Waals surface area (Å²) in [5, 5.41) is 2.95. The van der Waals surface area contributed by atoms with Gasteiger partial charge in [-0.1, -0.05) is 55.5 Å². The Morgan fingerprint density at radius 3 is 2.19 bits per heavy atom. The van der Waals surface area contributed by atoms with E-state index in [1.807, 2.05) is 62.4 Å². The molecule has 0 aliphatic rings. The molecule has 5 nitrogen and oxygen atoms in total. The Morgan fingerprint density at radius 1 is 1.00 bits per heavy atom. The number of hydrogen-bond acceptors (Lipinski definition) is 3. The fourth-order valence-corrected chi connectivity index (χ4v) is 2.57. The van der Waals surface area contributed by atoms with E-state index in [1.54, 1.807) is 24.0 Å². The van der Waals surface area contributed by atoms with E-state index in [0.717, 1.165) is 12.0 Å². The van der Waals surface area contributed by atoms with Gasteiger partial charge in [0.2, 0.25) is 5.91 Å². The standard InChI is InChI=1S/C22H28N2O3/c1-4-17(2)23-22(26)18(3)24(15-19-11-7-5-8-12-19)21(25)16-27-20-13-9-6-10-14-20/h5-14,17-18H,4,15-16H2,1-3H3,(H,23,26)/t17-,18+/m0/s1. The number of para-hydroxylation sites is 1. The molecule has 0 spiro atoms. The Hall–Kier alpha value is -2.82. The number of carbonyl (C=O) groups is 2. The second kappa shape index (κ2) is 10.4. The first kappa shape index (κ1) is 20.5. The zero-order valence-corrected chi connectivity index (χ0v) is 16.2. The number of carbonyl (C=O) groups excluding carboxylic acids is 2. The summed E-state index contributed by atoms with van der Waals surface area (Å²) in [4.78, 5) is 27.0. The molecule has 0 bridgehead atoms. The van der Waals surface area contributed by atoms with Crippen molar-refractivity contribution < 1.29 is 14.3 Å². The van der Waals surface area contributed by atoms with Gasteiger partial charge >= 0.3 is 0 Å². The van der Waals surface area contributed by atoms with Crippen LogP contribution in [0.1, 0.15) is 32.8 Å². The summed E-state index contributed by atoms with van der Waals surface area (Å²) >= 11 is 0. The molecular formula is C22H28N2O3. The number of rotatable bonds is 9. The number of benzene rings is 2. The van der Waals surface area contributed by atoms with Crippen LogP contribution in [-0.2, 0) is 16.1 Å². The van der Waals surface area contributed by atoms with Crippen molar-refractivity contribution in [2.45, 2.75) is 45.8 Å². The molecule has 2 aromatic carbocycles. The number of amides is 2. The maximum Gasteiger partial charge on any atom is 0.261 e. The summed E-state index contributed by atoms with van der Waals surface area (Å²) < 4.78 is 5.60. The zero-order chi connectivity index (χ0) is 19.6. The number of hydrogen-bond donors (Lipinski definition) is 1. The highest BCUT2D eigenvalue weighted by Gasteiger charge is 2.27. The van der Waals surface area contributed by atoms with Gasteiger partial charge in [-0.25, -0.2) is 0 Å². The van der Waals surface area contributed by atoms with Gasteiger partial charge in [0.25, 0.3) is 5.91 Å². The lowest BCUT2D eigenvalue weighted by Crippen LogP contribution is -2.50. The summed E-state index contributed by atoms with van der Waals surface area (Å²) in [7, 11) is 0. The van der Waals surface area contributed by atoms with Crippen LogP contribution in [0, 0.1) is 0 Å². The second-order valence-corrected chi connectivity index (χ2v) is 6.60. The van der Waals surface area contributed by atoms with Gasteiger partial charge < -0.3 is 15.0 Å². The average molecular weight is 368 g/mol. The quantitative estimate of drug-likeness (QED) is 0.738. The molecule has 2 rings (SSSR count). The zero-order valence-electron chi connectivity index (χ0n) is 16.2. The molecule has 0 heterocycles. The second-order valence-electron chi connectivity index (χ2n) is 6.60. The van der Waals surface area contributed by atoms with E-state index in [0.29, 0.717) is 12.3 Å². The monoisotopic (exact) mass is 368 g/mol. The van der Waals surface area contributed by atoms with Crippen molar-refractivity contribution in [1.82, 2.24) is 10.2 Å². The minimum Gasteiger partial charge on any atom is -0.484 e. The molecule has 0 saturated heterocycles. The van der Waals surface area contributed by atoms with Gasteiger partial charge in [-0.2, -0.15) is 0 Å². The highest BCUT2D eigenvalue weighted by atomic mass is 16.5. The lowest BCUT2D eigenvalue weighted by Gasteiger charge is -2.29. The fraction of sp³-hybridized carbons (Fsp3) is 0.364. The van der Waals surface area contributed by atoms with E-state index in [4.69, 9.17) is 4.74 Å². The largest absolute Gasteiger partial charge is 0.484 e. The van der Waals surface area contributed by atoms with E-state index >= 15 is 0 Å². The molecule has 27 heavy (non-hydrogen) atoms. The molecule has 0 fully saturated rings. The third-order valence-electron chi connectivity index (χ3n) is 4.47. The molecular weight excluding hydrogens is 340 g/mol. The Labute approximate surface area is 161 Å². The first-order valence-corrected chi connectivity index (χ1v) is 9.32. The van der Waals surface area contributed by atoms with Crippen molar-refractivity contribution in [2.75, 3.05) is 6.61 Å². The van der Waals surface area contributed by atoms with Crippen molar-refractivity contribution in [3.8, 4) is 5.75 Å². The van der Waals surface area contributed by atoms with Crippen LogP contribution in [0.2, 0.25) is 0 Å². The first-order valence-electron chi connectivity index (χ1n) is 9.32. The SMILES string of the molecule is CC[C@H](C)NC(=O)[C@@H](C)N(Cc1ccccc1)C(=O)COc1ccccc1. The van der Waals surface area contributed by atoms with Crippen molar-refractivity contribution in [3.05, 3.63) is 66.2 Å². The van der Waals surface area contributed by atoms with E-state index in [1.165, 1.54) is 0 Å². The van der Waals surface area contributed by atoms with E-state index in [9.17, 15) is 9.59 Å². The molecule has 0 radical (unpaired) electrons. The van der Waals surface area contributed by atoms with Gasteiger partial charge in [-0.15, -0.1) is 0 Å². The van der Waals surface area contributed by atoms with Crippen LogP contribution in [-0.4, -0.2) is 35.4 Å². The maximum atomic E-state index is 12.8. The van der Waals surface area contributed by atoms with Crippen LogP contribution in [0.5, 0.6) is 5.75 Å². The number of ether oxygens (including phenoxy) is 1. The predicted octanol–water partition coefficient (Wildman–Crippen LogP) is 3.40. The Morgan fingerprint density at radius 2 is 1.59 bits per heavy atom. The van der Waals surface area contributed by atoms with E-state index in [2.05, 4.69) is 5.32 Å². The highest BCUT2D eigenvalue weighted by molar-refractivity contribution is 5.88. The third-order valence-corrected chi connectivity index (χ3v) is 4.47. The highest BCUT2D eigenvalue weighted by Crippen LogP contribution is 2.12. The molecule has 5 heteroatoms. The molecule has 0 aliphatic carbocycles. The number of nitrogens with one attached hydrogen (secondary N) is 1. The van der Waals surface area contributed by atoms with Crippen LogP contribution in [0.15, 0.2) is 60.7 Å². The Balaban J connectivity index is 2.10. The molecule has 144 valence electrons. The van der Waals surface area contributed by atoms with Gasteiger partial charge in [0.05, 0.1) is 0 Å². The van der Waals surface area contributed by atoms with Crippen molar-refractivity contribution in [3.63, 3.8) is 0 Å². The molecule has 0 aliphatic heterocycles. The van der Waals surface area contributed by atoms with Gasteiger partial charge in [-0.3, -0.25) is 9.59 Å². The Bertz CT molecular complexity index is 719. The molecule has 0 aromatic heterocycles. The predicted molar refractivity (Wildman–Crippen MR) is 106 cm³/mol. The summed E-state index contributed by atoms with van der Waals surface area (Å²) in [5.74, 6) is 0.241. The lowest BCUT2D eigenvalue weighted by molar-refractivity contribution is -0.142. The minimum absolute atomic E-state index is 0.0641. The van der Waals surface area contributed by atoms with Crippen molar-refractivity contribution in [1.29, 1.82) is 0 Å². The third kappa shape index (κ3) is 6.44. The number of nitrogens with zero attached hydrogens (tertiary/aromatic N) is 1. The fourth-order valence-electron chi connectivity index (χ4n) is 2.57. The lowest BCUT2D eigenvalue weighted by atomic mass is 10.1. The topological polar surface area (TPSA) is 58.6 Å². The van der Waals surface area contributed by atoms with Crippen LogP contribution in [0.4, 0.5) is 0 Å². The van der Waals surface area contributed by atoms with Gasteiger partial charge in [0, 0.05) is 12.6 Å². The van der Waals surface area contributed by atoms with E-state index < -0.39 is 6.04 Å². The van der Waals surface area contributed by atoms with Crippen LogP contribution in [0.25, 0.3) is 0 Å². The molecule has 2 atom stereocenters. The van der Waals surface area contributed by atoms with Crippen LogP contribution < -0.4 is 10.1 Å². The summed E-state index contributed by atoms with van der Waals surface area (Å²) in [6, 6.07) is 18.3. The molecule has 2 aromatic rings.